The monoisotopic (exact) mass is 532 g/mol. The molecule has 1 heterocycles. The lowest BCUT2D eigenvalue weighted by Crippen LogP contribution is -2.41. The van der Waals surface area contributed by atoms with Crippen LogP contribution in [-0.2, 0) is 10.0 Å². The number of amides is 1. The van der Waals surface area contributed by atoms with Crippen LogP contribution in [0.1, 0.15) is 42.1 Å². The van der Waals surface area contributed by atoms with Crippen molar-refractivity contribution in [3.8, 4) is 11.5 Å². The number of piperidine rings is 1. The Hall–Kier alpha value is -1.92. The Labute approximate surface area is 200 Å². The summed E-state index contributed by atoms with van der Waals surface area (Å²) in [6.45, 7) is 9.00. The lowest BCUT2D eigenvalue weighted by molar-refractivity contribution is 0.102. The zero-order valence-electron chi connectivity index (χ0n) is 18.9. The van der Waals surface area contributed by atoms with Gasteiger partial charge in [0.1, 0.15) is 8.07 Å². The molecule has 32 heavy (non-hydrogen) atoms. The largest absolute Gasteiger partial charge is 0.322 e. The molecule has 5 nitrogen and oxygen atoms in total. The number of sulfonamides is 1. The standard InChI is InChI=1S/C24H29BrN2O3SSi/c1-18-7-5-6-15-27(18)31(29,30)22-11-9-21(10-12-22)26-24(28)20-8-13-23(25)19(17-20)14-16-32(2,3)4/h8-13,17-18H,5-7,15H2,1-4H3,(H,26,28)/t18-/m0/s1. The van der Waals surface area contributed by atoms with Crippen molar-refractivity contribution < 1.29 is 13.2 Å². The number of carbonyl (C=O) groups is 1. The number of halogens is 1. The minimum Gasteiger partial charge on any atom is -0.322 e. The number of nitrogens with zero attached hydrogens (tertiary/aromatic N) is 1. The quantitative estimate of drug-likeness (QED) is 0.417. The van der Waals surface area contributed by atoms with Crippen molar-refractivity contribution in [3.63, 3.8) is 0 Å². The first-order valence-electron chi connectivity index (χ1n) is 10.7. The number of hydrogen-bond donors (Lipinski definition) is 1. The van der Waals surface area contributed by atoms with Crippen LogP contribution in [0.4, 0.5) is 5.69 Å². The Morgan fingerprint density at radius 3 is 2.44 bits per heavy atom. The molecule has 1 fully saturated rings. The number of anilines is 1. The Balaban J connectivity index is 1.76. The van der Waals surface area contributed by atoms with Gasteiger partial charge in [0, 0.05) is 33.9 Å². The molecule has 1 saturated heterocycles. The molecule has 1 aliphatic rings. The molecule has 2 aromatic rings. The summed E-state index contributed by atoms with van der Waals surface area (Å²) in [6.07, 6.45) is 2.82. The highest BCUT2D eigenvalue weighted by Gasteiger charge is 2.30. The maximum atomic E-state index is 13.0. The van der Waals surface area contributed by atoms with Crippen LogP contribution in [0.5, 0.6) is 0 Å². The molecule has 1 atom stereocenters. The number of carbonyl (C=O) groups excluding carboxylic acids is 1. The van der Waals surface area contributed by atoms with Crippen molar-refractivity contribution in [3.05, 3.63) is 58.1 Å². The molecule has 0 unspecified atom stereocenters. The van der Waals surface area contributed by atoms with E-state index in [1.54, 1.807) is 40.7 Å². The summed E-state index contributed by atoms with van der Waals surface area (Å²) < 4.78 is 28.4. The normalized spacial score (nSPS) is 17.3. The van der Waals surface area contributed by atoms with E-state index in [4.69, 9.17) is 0 Å². The first-order chi connectivity index (χ1) is 15.0. The van der Waals surface area contributed by atoms with E-state index in [-0.39, 0.29) is 16.8 Å². The average molecular weight is 534 g/mol. The van der Waals surface area contributed by atoms with Gasteiger partial charge in [-0.15, -0.1) is 5.54 Å². The highest BCUT2D eigenvalue weighted by molar-refractivity contribution is 9.10. The van der Waals surface area contributed by atoms with Gasteiger partial charge in [-0.05, 0) is 78.2 Å². The molecular formula is C24H29BrN2O3SSi. The number of rotatable bonds is 4. The average Bonchev–Trinajstić information content (AvgIpc) is 2.73. The van der Waals surface area contributed by atoms with Crippen molar-refractivity contribution in [2.45, 2.75) is 56.8 Å². The zero-order chi connectivity index (χ0) is 23.5. The SMILES string of the molecule is C[C@H]1CCCCN1S(=O)(=O)c1ccc(NC(=O)c2ccc(Br)c(C#C[Si](C)(C)C)c2)cc1. The minimum absolute atomic E-state index is 0.00350. The molecule has 0 bridgehead atoms. The Morgan fingerprint density at radius 1 is 1.12 bits per heavy atom. The topological polar surface area (TPSA) is 66.5 Å². The van der Waals surface area contributed by atoms with E-state index in [0.717, 1.165) is 29.3 Å². The van der Waals surface area contributed by atoms with E-state index < -0.39 is 18.1 Å². The van der Waals surface area contributed by atoms with Gasteiger partial charge < -0.3 is 5.32 Å². The van der Waals surface area contributed by atoms with Crippen molar-refractivity contribution in [1.29, 1.82) is 0 Å². The number of benzene rings is 2. The van der Waals surface area contributed by atoms with Crippen LogP contribution in [0.3, 0.4) is 0 Å². The highest BCUT2D eigenvalue weighted by atomic mass is 79.9. The van der Waals surface area contributed by atoms with Gasteiger partial charge in [-0.3, -0.25) is 4.79 Å². The van der Waals surface area contributed by atoms with Gasteiger partial charge in [-0.2, -0.15) is 4.31 Å². The summed E-state index contributed by atoms with van der Waals surface area (Å²) in [7, 11) is -5.08. The third-order valence-corrected chi connectivity index (χ3v) is 8.86. The summed E-state index contributed by atoms with van der Waals surface area (Å²) in [5, 5.41) is 2.84. The van der Waals surface area contributed by atoms with Gasteiger partial charge >= 0.3 is 0 Å². The van der Waals surface area contributed by atoms with Crippen LogP contribution in [-0.4, -0.2) is 39.3 Å². The van der Waals surface area contributed by atoms with Crippen LogP contribution in [0, 0.1) is 11.5 Å². The van der Waals surface area contributed by atoms with Crippen molar-refractivity contribution >= 4 is 45.6 Å². The highest BCUT2D eigenvalue weighted by Crippen LogP contribution is 2.26. The summed E-state index contributed by atoms with van der Waals surface area (Å²) in [5.74, 6) is 2.91. The van der Waals surface area contributed by atoms with E-state index >= 15 is 0 Å². The van der Waals surface area contributed by atoms with E-state index in [9.17, 15) is 13.2 Å². The van der Waals surface area contributed by atoms with E-state index in [1.165, 1.54) is 0 Å². The molecular weight excluding hydrogens is 504 g/mol. The fourth-order valence-electron chi connectivity index (χ4n) is 3.49. The molecule has 2 aromatic carbocycles. The Kier molecular flexibility index (Phi) is 7.66. The van der Waals surface area contributed by atoms with Crippen LogP contribution >= 0.6 is 15.9 Å². The molecule has 3 rings (SSSR count). The predicted molar refractivity (Wildman–Crippen MR) is 136 cm³/mol. The second-order valence-corrected chi connectivity index (χ2v) is 16.6. The van der Waals surface area contributed by atoms with Gasteiger partial charge in [0.05, 0.1) is 4.90 Å². The molecule has 0 spiro atoms. The predicted octanol–water partition coefficient (Wildman–Crippen LogP) is 5.49. The van der Waals surface area contributed by atoms with Crippen molar-refractivity contribution in [2.24, 2.45) is 0 Å². The minimum atomic E-state index is -3.53. The summed E-state index contributed by atoms with van der Waals surface area (Å²) in [5.41, 5.74) is 5.12. The van der Waals surface area contributed by atoms with E-state index in [2.05, 4.69) is 52.4 Å². The summed E-state index contributed by atoms with van der Waals surface area (Å²) in [4.78, 5) is 13.0. The molecule has 8 heteroatoms. The molecule has 0 saturated carbocycles. The fraction of sp³-hybridized carbons (Fsp3) is 0.375. The molecule has 0 radical (unpaired) electrons. The smallest absolute Gasteiger partial charge is 0.255 e. The molecule has 0 aromatic heterocycles. The van der Waals surface area contributed by atoms with Crippen molar-refractivity contribution in [2.75, 3.05) is 11.9 Å². The molecule has 1 aliphatic heterocycles. The van der Waals surface area contributed by atoms with Crippen LogP contribution in [0.15, 0.2) is 51.8 Å². The third kappa shape index (κ3) is 6.10. The first kappa shape index (κ1) is 24.7. The second kappa shape index (κ2) is 9.92. The number of hydrogen-bond acceptors (Lipinski definition) is 3. The third-order valence-electron chi connectivity index (χ3n) is 5.26. The van der Waals surface area contributed by atoms with Gasteiger partial charge in [0.2, 0.25) is 10.0 Å². The maximum absolute atomic E-state index is 13.0. The molecule has 170 valence electrons. The number of nitrogens with one attached hydrogen (secondary N) is 1. The summed E-state index contributed by atoms with van der Waals surface area (Å²) >= 11 is 3.50. The zero-order valence-corrected chi connectivity index (χ0v) is 22.3. The maximum Gasteiger partial charge on any atom is 0.255 e. The molecule has 1 amide bonds. The molecule has 0 aliphatic carbocycles. The van der Waals surface area contributed by atoms with Gasteiger partial charge in [-0.25, -0.2) is 8.42 Å². The Bertz CT molecular complexity index is 1160. The van der Waals surface area contributed by atoms with Crippen LogP contribution in [0.2, 0.25) is 19.6 Å². The van der Waals surface area contributed by atoms with Crippen LogP contribution in [0.25, 0.3) is 0 Å². The second-order valence-electron chi connectivity index (χ2n) is 9.13. The van der Waals surface area contributed by atoms with E-state index in [0.29, 0.717) is 17.8 Å². The lowest BCUT2D eigenvalue weighted by Gasteiger charge is -2.32. The van der Waals surface area contributed by atoms with Crippen LogP contribution < -0.4 is 5.32 Å². The molecule has 1 N–H and O–H groups in total. The first-order valence-corrected chi connectivity index (χ1v) is 16.5. The Morgan fingerprint density at radius 2 is 1.81 bits per heavy atom. The van der Waals surface area contributed by atoms with E-state index in [1.807, 2.05) is 13.0 Å². The van der Waals surface area contributed by atoms with Gasteiger partial charge in [0.15, 0.2) is 0 Å². The van der Waals surface area contributed by atoms with Crippen molar-refractivity contribution in [1.82, 2.24) is 4.31 Å². The summed E-state index contributed by atoms with van der Waals surface area (Å²) in [6, 6.07) is 11.7. The van der Waals surface area contributed by atoms with Gasteiger partial charge in [0.25, 0.3) is 5.91 Å². The van der Waals surface area contributed by atoms with Gasteiger partial charge in [-0.1, -0.05) is 32.0 Å². The lowest BCUT2D eigenvalue weighted by atomic mass is 10.1. The fourth-order valence-corrected chi connectivity index (χ4v) is 6.05.